The molecule has 4 heterocycles. The standard InChI is InChI=1S/C32H33N3O6/c1-38-26-16-21-9-10-35-30(24(21)17-27(26)39-2)29(22-5-3-4-6-23(22)31(35)36)32(37)34-13-11-33(12-14-34)18-20-7-8-25-28(15-20)41-19-40-25/h3-8,15-17,29-30H,9-14,18-19H2,1-2H3. The fourth-order valence-electron chi connectivity index (χ4n) is 6.74. The van der Waals surface area contributed by atoms with Gasteiger partial charge in [0.05, 0.1) is 26.2 Å². The zero-order chi connectivity index (χ0) is 28.1. The van der Waals surface area contributed by atoms with Crippen molar-refractivity contribution in [3.63, 3.8) is 0 Å². The van der Waals surface area contributed by atoms with Gasteiger partial charge in [-0.1, -0.05) is 24.3 Å². The van der Waals surface area contributed by atoms with Crippen LogP contribution in [0.3, 0.4) is 0 Å². The molecule has 0 radical (unpaired) electrons. The van der Waals surface area contributed by atoms with Gasteiger partial charge in [0.2, 0.25) is 12.7 Å². The van der Waals surface area contributed by atoms with Gasteiger partial charge in [-0.3, -0.25) is 14.5 Å². The monoisotopic (exact) mass is 555 g/mol. The Kier molecular flexibility index (Phi) is 6.46. The summed E-state index contributed by atoms with van der Waals surface area (Å²) in [6.07, 6.45) is 0.694. The van der Waals surface area contributed by atoms with E-state index >= 15 is 0 Å². The summed E-state index contributed by atoms with van der Waals surface area (Å²) in [4.78, 5) is 34.3. The number of rotatable bonds is 5. The van der Waals surface area contributed by atoms with Gasteiger partial charge in [0.1, 0.15) is 0 Å². The van der Waals surface area contributed by atoms with Gasteiger partial charge in [-0.15, -0.1) is 0 Å². The highest BCUT2D eigenvalue weighted by Gasteiger charge is 2.48. The van der Waals surface area contributed by atoms with Gasteiger partial charge in [0, 0.05) is 44.8 Å². The molecule has 3 aromatic carbocycles. The normalized spacial score (nSPS) is 21.2. The van der Waals surface area contributed by atoms with Gasteiger partial charge < -0.3 is 28.7 Å². The highest BCUT2D eigenvalue weighted by atomic mass is 16.7. The van der Waals surface area contributed by atoms with Crippen molar-refractivity contribution in [2.24, 2.45) is 0 Å². The minimum atomic E-state index is -0.499. The second-order valence-electron chi connectivity index (χ2n) is 11.0. The van der Waals surface area contributed by atoms with Crippen LogP contribution in [0, 0.1) is 0 Å². The van der Waals surface area contributed by atoms with Gasteiger partial charge in [-0.25, -0.2) is 0 Å². The SMILES string of the molecule is COc1cc2c(cc1OC)C1C(C(=O)N3CCN(Cc4ccc5c(c4)OCO5)CC3)c3ccccc3C(=O)N1CC2. The summed E-state index contributed by atoms with van der Waals surface area (Å²) in [6, 6.07) is 17.2. The number of fused-ring (bicyclic) bond motifs is 5. The Bertz CT molecular complexity index is 1520. The van der Waals surface area contributed by atoms with Crippen LogP contribution >= 0.6 is 0 Å². The highest BCUT2D eigenvalue weighted by molar-refractivity contribution is 6.01. The molecule has 9 nitrogen and oxygen atoms in total. The number of nitrogens with zero attached hydrogens (tertiary/aromatic N) is 3. The van der Waals surface area contributed by atoms with Crippen LogP contribution in [-0.2, 0) is 17.8 Å². The first-order chi connectivity index (χ1) is 20.1. The smallest absolute Gasteiger partial charge is 0.254 e. The van der Waals surface area contributed by atoms with E-state index in [1.54, 1.807) is 14.2 Å². The molecular weight excluding hydrogens is 522 g/mol. The Balaban J connectivity index is 1.17. The lowest BCUT2D eigenvalue weighted by atomic mass is 9.75. The first-order valence-electron chi connectivity index (χ1n) is 14.1. The number of hydrogen-bond acceptors (Lipinski definition) is 7. The molecule has 2 atom stereocenters. The second-order valence-corrected chi connectivity index (χ2v) is 11.0. The Morgan fingerprint density at radius 2 is 1.63 bits per heavy atom. The van der Waals surface area contributed by atoms with Gasteiger partial charge in [0.25, 0.3) is 5.91 Å². The van der Waals surface area contributed by atoms with Gasteiger partial charge in [-0.2, -0.15) is 0 Å². The van der Waals surface area contributed by atoms with Gasteiger partial charge in [-0.05, 0) is 59.0 Å². The number of carbonyl (C=O) groups is 2. The van der Waals surface area contributed by atoms with E-state index in [0.29, 0.717) is 43.1 Å². The minimum absolute atomic E-state index is 0.0244. The molecule has 212 valence electrons. The van der Waals surface area contributed by atoms with Crippen LogP contribution in [0.2, 0.25) is 0 Å². The van der Waals surface area contributed by atoms with Crippen LogP contribution in [0.5, 0.6) is 23.0 Å². The average molecular weight is 556 g/mol. The van der Waals surface area contributed by atoms with E-state index in [1.165, 1.54) is 0 Å². The highest BCUT2D eigenvalue weighted by Crippen LogP contribution is 2.49. The third kappa shape index (κ3) is 4.35. The molecule has 0 spiro atoms. The van der Waals surface area contributed by atoms with Crippen molar-refractivity contribution in [3.8, 4) is 23.0 Å². The minimum Gasteiger partial charge on any atom is -0.493 e. The van der Waals surface area contributed by atoms with E-state index in [9.17, 15) is 9.59 Å². The number of ether oxygens (including phenoxy) is 4. The molecular formula is C32H33N3O6. The van der Waals surface area contributed by atoms with Crippen molar-refractivity contribution in [2.75, 3.05) is 53.7 Å². The fourth-order valence-corrected chi connectivity index (χ4v) is 6.74. The van der Waals surface area contributed by atoms with Gasteiger partial charge >= 0.3 is 0 Å². The number of hydrogen-bond donors (Lipinski definition) is 0. The Morgan fingerprint density at radius 3 is 2.44 bits per heavy atom. The quantitative estimate of drug-likeness (QED) is 0.476. The van der Waals surface area contributed by atoms with Crippen LogP contribution in [0.1, 0.15) is 44.6 Å². The topological polar surface area (TPSA) is 80.8 Å². The first-order valence-corrected chi connectivity index (χ1v) is 14.1. The van der Waals surface area contributed by atoms with Crippen LogP contribution in [0.25, 0.3) is 0 Å². The number of methoxy groups -OCH3 is 2. The molecule has 0 saturated carbocycles. The lowest BCUT2D eigenvalue weighted by Crippen LogP contribution is -2.54. The maximum absolute atomic E-state index is 14.4. The summed E-state index contributed by atoms with van der Waals surface area (Å²) >= 11 is 0. The molecule has 4 aliphatic heterocycles. The molecule has 2 amide bonds. The molecule has 7 rings (SSSR count). The zero-order valence-corrected chi connectivity index (χ0v) is 23.3. The predicted molar refractivity (Wildman–Crippen MR) is 151 cm³/mol. The molecule has 4 aliphatic rings. The van der Waals surface area contributed by atoms with Crippen LogP contribution < -0.4 is 18.9 Å². The molecule has 1 fully saturated rings. The maximum Gasteiger partial charge on any atom is 0.254 e. The van der Waals surface area contributed by atoms with Crippen molar-refractivity contribution < 1.29 is 28.5 Å². The zero-order valence-electron chi connectivity index (χ0n) is 23.3. The molecule has 3 aromatic rings. The van der Waals surface area contributed by atoms with Crippen molar-refractivity contribution >= 4 is 11.8 Å². The molecule has 9 heteroatoms. The molecule has 41 heavy (non-hydrogen) atoms. The van der Waals surface area contributed by atoms with E-state index in [2.05, 4.69) is 11.0 Å². The number of benzene rings is 3. The van der Waals surface area contributed by atoms with E-state index < -0.39 is 12.0 Å². The maximum atomic E-state index is 14.4. The number of amides is 2. The van der Waals surface area contributed by atoms with E-state index in [-0.39, 0.29) is 18.6 Å². The Hall–Kier alpha value is -4.24. The predicted octanol–water partition coefficient (Wildman–Crippen LogP) is 3.61. The summed E-state index contributed by atoms with van der Waals surface area (Å²) in [5, 5.41) is 0. The summed E-state index contributed by atoms with van der Waals surface area (Å²) in [5.41, 5.74) is 4.62. The fraction of sp³-hybridized carbons (Fsp3) is 0.375. The van der Waals surface area contributed by atoms with E-state index in [4.69, 9.17) is 18.9 Å². The Labute approximate surface area is 239 Å². The summed E-state index contributed by atoms with van der Waals surface area (Å²) in [7, 11) is 3.23. The molecule has 0 N–H and O–H groups in total. The average Bonchev–Trinajstić information content (AvgIpc) is 3.48. The number of piperazine rings is 1. The summed E-state index contributed by atoms with van der Waals surface area (Å²) in [6.45, 7) is 4.38. The molecule has 0 aliphatic carbocycles. The summed E-state index contributed by atoms with van der Waals surface area (Å²) < 4.78 is 22.2. The van der Waals surface area contributed by atoms with Crippen LogP contribution in [-0.4, -0.2) is 80.3 Å². The third-order valence-corrected chi connectivity index (χ3v) is 8.82. The molecule has 2 unspecified atom stereocenters. The molecule has 0 aromatic heterocycles. The summed E-state index contributed by atoms with van der Waals surface area (Å²) in [5.74, 6) is 2.36. The van der Waals surface area contributed by atoms with Crippen molar-refractivity contribution in [1.82, 2.24) is 14.7 Å². The molecule has 1 saturated heterocycles. The van der Waals surface area contributed by atoms with Crippen molar-refractivity contribution in [2.45, 2.75) is 24.9 Å². The number of carbonyl (C=O) groups excluding carboxylic acids is 2. The molecule has 0 bridgehead atoms. The van der Waals surface area contributed by atoms with Crippen molar-refractivity contribution in [3.05, 3.63) is 82.4 Å². The lowest BCUT2D eigenvalue weighted by molar-refractivity contribution is -0.136. The lowest BCUT2D eigenvalue weighted by Gasteiger charge is -2.47. The van der Waals surface area contributed by atoms with E-state index in [0.717, 1.165) is 53.4 Å². The van der Waals surface area contributed by atoms with E-state index in [1.807, 2.05) is 58.3 Å². The Morgan fingerprint density at radius 1 is 0.878 bits per heavy atom. The van der Waals surface area contributed by atoms with Crippen molar-refractivity contribution in [1.29, 1.82) is 0 Å². The van der Waals surface area contributed by atoms with Crippen LogP contribution in [0.15, 0.2) is 54.6 Å². The second kappa shape index (κ2) is 10.3. The third-order valence-electron chi connectivity index (χ3n) is 8.82. The largest absolute Gasteiger partial charge is 0.493 e. The van der Waals surface area contributed by atoms with Crippen LogP contribution in [0.4, 0.5) is 0 Å². The first kappa shape index (κ1) is 25.7. The van der Waals surface area contributed by atoms with Gasteiger partial charge in [0.15, 0.2) is 23.0 Å².